The van der Waals surface area contributed by atoms with E-state index in [2.05, 4.69) is 34.4 Å². The van der Waals surface area contributed by atoms with E-state index in [0.717, 1.165) is 36.2 Å². The average molecular weight is 259 g/mol. The highest BCUT2D eigenvalue weighted by Crippen LogP contribution is 2.30. The third-order valence-electron chi connectivity index (χ3n) is 3.64. The molecule has 0 unspecified atom stereocenters. The molecule has 2 N–H and O–H groups in total. The van der Waals surface area contributed by atoms with Crippen LogP contribution in [-0.4, -0.2) is 27.0 Å². The van der Waals surface area contributed by atoms with Gasteiger partial charge in [0.15, 0.2) is 11.5 Å². The number of anilines is 2. The lowest BCUT2D eigenvalue weighted by molar-refractivity contribution is 0.308. The Morgan fingerprint density at radius 2 is 2.26 bits per heavy atom. The van der Waals surface area contributed by atoms with Crippen LogP contribution in [0.5, 0.6) is 0 Å². The van der Waals surface area contributed by atoms with E-state index in [9.17, 15) is 0 Å². The van der Waals surface area contributed by atoms with E-state index in [0.29, 0.717) is 6.04 Å². The van der Waals surface area contributed by atoms with Gasteiger partial charge in [-0.25, -0.2) is 9.97 Å². The van der Waals surface area contributed by atoms with Crippen LogP contribution in [0.1, 0.15) is 33.1 Å². The molecule has 1 aliphatic rings. The van der Waals surface area contributed by atoms with Crippen LogP contribution in [0.2, 0.25) is 0 Å². The third-order valence-corrected chi connectivity index (χ3v) is 3.64. The minimum Gasteiger partial charge on any atom is -0.369 e. The van der Waals surface area contributed by atoms with Crippen molar-refractivity contribution in [3.63, 3.8) is 0 Å². The quantitative estimate of drug-likeness (QED) is 0.867. The molecule has 0 atom stereocenters. The van der Waals surface area contributed by atoms with Gasteiger partial charge >= 0.3 is 0 Å². The highest BCUT2D eigenvalue weighted by atomic mass is 15.2. The van der Waals surface area contributed by atoms with Crippen molar-refractivity contribution in [1.29, 1.82) is 0 Å². The zero-order chi connectivity index (χ0) is 13.2. The lowest BCUT2D eigenvalue weighted by Crippen LogP contribution is -2.34. The van der Waals surface area contributed by atoms with Crippen molar-refractivity contribution in [3.8, 4) is 0 Å². The number of nitrogens with one attached hydrogen (secondary N) is 2. The maximum absolute atomic E-state index is 4.65. The van der Waals surface area contributed by atoms with Gasteiger partial charge in [-0.05, 0) is 25.2 Å². The second-order valence-electron chi connectivity index (χ2n) is 5.48. The first-order chi connectivity index (χ1) is 9.26. The van der Waals surface area contributed by atoms with Crippen LogP contribution in [-0.2, 0) is 0 Å². The van der Waals surface area contributed by atoms with Gasteiger partial charge in [-0.15, -0.1) is 0 Å². The second kappa shape index (κ2) is 5.07. The van der Waals surface area contributed by atoms with Crippen LogP contribution in [0.4, 0.5) is 11.6 Å². The molecule has 0 spiro atoms. The topological polar surface area (TPSA) is 54.2 Å². The molecule has 102 valence electrons. The number of rotatable bonds is 5. The molecule has 0 saturated heterocycles. The Balaban J connectivity index is 1.85. The highest BCUT2D eigenvalue weighted by Gasteiger charge is 2.26. The molecule has 3 rings (SSSR count). The Labute approximate surface area is 113 Å². The predicted molar refractivity (Wildman–Crippen MR) is 77.6 cm³/mol. The molecule has 0 bridgehead atoms. The number of imidazole rings is 1. The molecule has 2 aromatic heterocycles. The predicted octanol–water partition coefficient (Wildman–Crippen LogP) is 2.76. The molecule has 0 radical (unpaired) electrons. The van der Waals surface area contributed by atoms with Crippen LogP contribution in [0.3, 0.4) is 0 Å². The molecule has 2 heterocycles. The van der Waals surface area contributed by atoms with Crippen molar-refractivity contribution in [3.05, 3.63) is 18.6 Å². The number of hydrogen-bond donors (Lipinski definition) is 2. The summed E-state index contributed by atoms with van der Waals surface area (Å²) in [4.78, 5) is 9.03. The van der Waals surface area contributed by atoms with Gasteiger partial charge in [0.05, 0.1) is 6.20 Å². The molecular formula is C14H21N5. The molecule has 2 aromatic rings. The number of nitrogens with zero attached hydrogens (tertiary/aromatic N) is 3. The maximum atomic E-state index is 4.65. The number of hydrogen-bond acceptors (Lipinski definition) is 4. The van der Waals surface area contributed by atoms with E-state index in [1.807, 2.05) is 23.0 Å². The summed E-state index contributed by atoms with van der Waals surface area (Å²) < 4.78 is 2.02. The molecule has 19 heavy (non-hydrogen) atoms. The van der Waals surface area contributed by atoms with Crippen molar-refractivity contribution in [1.82, 2.24) is 14.4 Å². The van der Waals surface area contributed by atoms with Gasteiger partial charge in [0.2, 0.25) is 0 Å². The van der Waals surface area contributed by atoms with Crippen LogP contribution in [0.15, 0.2) is 18.6 Å². The van der Waals surface area contributed by atoms with Gasteiger partial charge in [0.1, 0.15) is 5.82 Å². The minimum absolute atomic E-state index is 0.546. The molecule has 1 aliphatic carbocycles. The first-order valence-corrected chi connectivity index (χ1v) is 7.10. The van der Waals surface area contributed by atoms with Gasteiger partial charge in [-0.3, -0.25) is 0 Å². The summed E-state index contributed by atoms with van der Waals surface area (Å²) in [6.07, 6.45) is 9.30. The molecule has 1 saturated carbocycles. The maximum Gasteiger partial charge on any atom is 0.180 e. The summed E-state index contributed by atoms with van der Waals surface area (Å²) in [7, 11) is 0. The molecule has 5 nitrogen and oxygen atoms in total. The van der Waals surface area contributed by atoms with Gasteiger partial charge in [0, 0.05) is 25.0 Å². The summed E-state index contributed by atoms with van der Waals surface area (Å²) in [6, 6.07) is 0.546. The monoisotopic (exact) mass is 259 g/mol. The zero-order valence-corrected chi connectivity index (χ0v) is 11.6. The third kappa shape index (κ3) is 2.50. The number of aromatic nitrogens is 3. The second-order valence-corrected chi connectivity index (χ2v) is 5.48. The van der Waals surface area contributed by atoms with Crippen molar-refractivity contribution in [2.24, 2.45) is 5.92 Å². The normalized spacial score (nSPS) is 22.2. The Morgan fingerprint density at radius 1 is 1.42 bits per heavy atom. The van der Waals surface area contributed by atoms with Crippen LogP contribution in [0.25, 0.3) is 5.65 Å². The Morgan fingerprint density at radius 3 is 3.00 bits per heavy atom. The van der Waals surface area contributed by atoms with Crippen molar-refractivity contribution in [2.75, 3.05) is 17.2 Å². The van der Waals surface area contributed by atoms with Crippen molar-refractivity contribution < 1.29 is 0 Å². The highest BCUT2D eigenvalue weighted by molar-refractivity contribution is 5.65. The summed E-state index contributed by atoms with van der Waals surface area (Å²) in [5.41, 5.74) is 0.904. The van der Waals surface area contributed by atoms with E-state index >= 15 is 0 Å². The number of fused-ring (bicyclic) bond motifs is 1. The van der Waals surface area contributed by atoms with E-state index in [1.165, 1.54) is 12.8 Å². The minimum atomic E-state index is 0.546. The SMILES string of the molecule is CCCNc1cn2ccnc2c(NC2CC(C)C2)n1. The molecule has 5 heteroatoms. The molecule has 1 fully saturated rings. The fraction of sp³-hybridized carbons (Fsp3) is 0.571. The zero-order valence-electron chi connectivity index (χ0n) is 11.6. The van der Waals surface area contributed by atoms with Crippen molar-refractivity contribution >= 4 is 17.3 Å². The fourth-order valence-electron chi connectivity index (χ4n) is 2.58. The smallest absolute Gasteiger partial charge is 0.180 e. The van der Waals surface area contributed by atoms with Crippen LogP contribution < -0.4 is 10.6 Å². The standard InChI is InChI=1S/C14H21N5/c1-3-4-15-12-9-19-6-5-16-14(19)13(18-12)17-11-7-10(2)8-11/h5-6,9-11,15H,3-4,7-8H2,1-2H3,(H,17,18). The molecule has 0 aliphatic heterocycles. The Kier molecular flexibility index (Phi) is 3.27. The summed E-state index contributed by atoms with van der Waals surface area (Å²) in [5, 5.41) is 6.86. The Hall–Kier alpha value is -1.78. The van der Waals surface area contributed by atoms with Gasteiger partial charge < -0.3 is 15.0 Å². The first kappa shape index (κ1) is 12.3. The Bertz CT molecular complexity index is 556. The lowest BCUT2D eigenvalue weighted by atomic mass is 9.82. The van der Waals surface area contributed by atoms with Gasteiger partial charge in [-0.1, -0.05) is 13.8 Å². The fourth-order valence-corrected chi connectivity index (χ4v) is 2.58. The summed E-state index contributed by atoms with van der Waals surface area (Å²) in [6.45, 7) is 5.38. The van der Waals surface area contributed by atoms with E-state index in [4.69, 9.17) is 0 Å². The van der Waals surface area contributed by atoms with E-state index < -0.39 is 0 Å². The summed E-state index contributed by atoms with van der Waals surface area (Å²) >= 11 is 0. The van der Waals surface area contributed by atoms with E-state index in [-0.39, 0.29) is 0 Å². The van der Waals surface area contributed by atoms with E-state index in [1.54, 1.807) is 0 Å². The van der Waals surface area contributed by atoms with Gasteiger partial charge in [0.25, 0.3) is 0 Å². The summed E-state index contributed by atoms with van der Waals surface area (Å²) in [5.74, 6) is 2.62. The van der Waals surface area contributed by atoms with Crippen molar-refractivity contribution in [2.45, 2.75) is 39.2 Å². The van der Waals surface area contributed by atoms with Crippen LogP contribution in [0, 0.1) is 5.92 Å². The molecular weight excluding hydrogens is 238 g/mol. The van der Waals surface area contributed by atoms with Crippen LogP contribution >= 0.6 is 0 Å². The largest absolute Gasteiger partial charge is 0.369 e. The first-order valence-electron chi connectivity index (χ1n) is 7.10. The molecule has 0 amide bonds. The van der Waals surface area contributed by atoms with Gasteiger partial charge in [-0.2, -0.15) is 0 Å². The average Bonchev–Trinajstić information content (AvgIpc) is 2.82. The molecule has 0 aromatic carbocycles. The lowest BCUT2D eigenvalue weighted by Gasteiger charge is -2.33.